The number of nitrogens with zero attached hydrogens (tertiary/aromatic N) is 3. The highest BCUT2D eigenvalue weighted by molar-refractivity contribution is 9.10. The average Bonchev–Trinajstić information content (AvgIpc) is 3.06. The van der Waals surface area contributed by atoms with Crippen LogP contribution in [0.25, 0.3) is 0 Å². The summed E-state index contributed by atoms with van der Waals surface area (Å²) in [5, 5.41) is 4.27. The average molecular weight is 398 g/mol. The van der Waals surface area contributed by atoms with Gasteiger partial charge in [0.15, 0.2) is 0 Å². The molecule has 1 spiro atoms. The normalized spacial score (nSPS) is 24.8. The molecule has 1 unspecified atom stereocenters. The van der Waals surface area contributed by atoms with Gasteiger partial charge in [-0.05, 0) is 56.0 Å². The van der Waals surface area contributed by atoms with Crippen molar-refractivity contribution in [3.63, 3.8) is 0 Å². The maximum absolute atomic E-state index is 13.6. The fourth-order valence-electron chi connectivity index (χ4n) is 4.80. The minimum absolute atomic E-state index is 0.123. The molecule has 1 amide bonds. The Hall–Kier alpha value is -2.01. The first kappa shape index (κ1) is 15.3. The van der Waals surface area contributed by atoms with Gasteiger partial charge in [0.05, 0.1) is 16.9 Å². The van der Waals surface area contributed by atoms with Gasteiger partial charge in [0.1, 0.15) is 5.66 Å². The highest BCUT2D eigenvalue weighted by Crippen LogP contribution is 2.49. The second-order valence-electron chi connectivity index (χ2n) is 7.08. The van der Waals surface area contributed by atoms with E-state index in [1.165, 1.54) is 0 Å². The predicted octanol–water partition coefficient (Wildman–Crippen LogP) is 4.42. The lowest BCUT2D eigenvalue weighted by atomic mass is 9.91. The summed E-state index contributed by atoms with van der Waals surface area (Å²) in [5.74, 6) is 0.123. The van der Waals surface area contributed by atoms with Crippen LogP contribution in [0, 0.1) is 0 Å². The van der Waals surface area contributed by atoms with Crippen molar-refractivity contribution in [2.45, 2.75) is 31.3 Å². The number of amides is 1. The smallest absolute Gasteiger partial charge is 0.276 e. The van der Waals surface area contributed by atoms with E-state index in [0.717, 1.165) is 60.2 Å². The maximum atomic E-state index is 13.6. The van der Waals surface area contributed by atoms with Crippen molar-refractivity contribution >= 4 is 33.2 Å². The second-order valence-corrected chi connectivity index (χ2v) is 7.99. The van der Waals surface area contributed by atoms with Crippen molar-refractivity contribution in [3.05, 3.63) is 58.6 Å². The molecule has 3 aliphatic heterocycles. The first-order valence-corrected chi connectivity index (χ1v) is 9.74. The molecule has 3 aliphatic rings. The van der Waals surface area contributed by atoms with Crippen molar-refractivity contribution < 1.29 is 4.79 Å². The molecule has 25 heavy (non-hydrogen) atoms. The number of carbonyl (C=O) groups is 1. The number of halogens is 1. The van der Waals surface area contributed by atoms with Gasteiger partial charge in [-0.15, -0.1) is 0 Å². The predicted molar refractivity (Wildman–Crippen MR) is 103 cm³/mol. The molecule has 128 valence electrons. The molecular weight excluding hydrogens is 378 g/mol. The molecule has 0 saturated carbocycles. The van der Waals surface area contributed by atoms with Crippen molar-refractivity contribution in [2.24, 2.45) is 0 Å². The summed E-state index contributed by atoms with van der Waals surface area (Å²) in [6.07, 6.45) is 4.30. The van der Waals surface area contributed by atoms with Gasteiger partial charge in [-0.2, -0.15) is 0 Å². The number of hydrogen-bond acceptors (Lipinski definition) is 3. The highest BCUT2D eigenvalue weighted by atomic mass is 79.9. The van der Waals surface area contributed by atoms with Crippen molar-refractivity contribution in [3.8, 4) is 0 Å². The minimum atomic E-state index is -0.202. The van der Waals surface area contributed by atoms with E-state index in [2.05, 4.69) is 49.0 Å². The Bertz CT molecular complexity index is 840. The topological polar surface area (TPSA) is 26.8 Å². The summed E-state index contributed by atoms with van der Waals surface area (Å²) < 4.78 is 0.953. The van der Waals surface area contributed by atoms with Crippen LogP contribution in [0.1, 0.15) is 36.0 Å². The molecule has 0 aliphatic carbocycles. The molecule has 5 rings (SSSR count). The third-order valence-corrected chi connectivity index (χ3v) is 6.26. The number of hydrogen-bond donors (Lipinski definition) is 0. The minimum Gasteiger partial charge on any atom is -0.346 e. The molecular formula is C20H20BrN3O. The Balaban J connectivity index is 1.70. The van der Waals surface area contributed by atoms with Crippen LogP contribution >= 0.6 is 15.9 Å². The fourth-order valence-corrected chi connectivity index (χ4v) is 5.16. The number of hydrazine groups is 1. The van der Waals surface area contributed by atoms with Crippen LogP contribution in [0.4, 0.5) is 11.4 Å². The summed E-state index contributed by atoms with van der Waals surface area (Å²) in [6.45, 7) is 1.90. The van der Waals surface area contributed by atoms with E-state index < -0.39 is 0 Å². The van der Waals surface area contributed by atoms with Crippen LogP contribution in [-0.2, 0) is 0 Å². The molecule has 0 bridgehead atoms. The van der Waals surface area contributed by atoms with E-state index in [4.69, 9.17) is 0 Å². The SMILES string of the molecule is O=C1c2cc(Br)ccc2N2CCCC23CCCN(c2ccccc2)N13. The van der Waals surface area contributed by atoms with Crippen molar-refractivity contribution in [1.82, 2.24) is 5.01 Å². The molecule has 2 fully saturated rings. The van der Waals surface area contributed by atoms with Crippen LogP contribution in [0.2, 0.25) is 0 Å². The van der Waals surface area contributed by atoms with E-state index in [0.29, 0.717) is 0 Å². The Labute approximate surface area is 156 Å². The number of fused-ring (bicyclic) bond motifs is 2. The molecule has 2 saturated heterocycles. The summed E-state index contributed by atoms with van der Waals surface area (Å²) in [7, 11) is 0. The fraction of sp³-hybridized carbons (Fsp3) is 0.350. The number of carbonyl (C=O) groups excluding carboxylic acids is 1. The van der Waals surface area contributed by atoms with Crippen LogP contribution < -0.4 is 9.91 Å². The number of para-hydroxylation sites is 1. The summed E-state index contributed by atoms with van der Waals surface area (Å²) in [5.41, 5.74) is 2.79. The van der Waals surface area contributed by atoms with Crippen molar-refractivity contribution in [2.75, 3.05) is 23.0 Å². The van der Waals surface area contributed by atoms with Gasteiger partial charge in [0, 0.05) is 17.6 Å². The molecule has 4 nitrogen and oxygen atoms in total. The lowest BCUT2D eigenvalue weighted by Crippen LogP contribution is -2.70. The van der Waals surface area contributed by atoms with Gasteiger partial charge >= 0.3 is 0 Å². The molecule has 2 aromatic rings. The van der Waals surface area contributed by atoms with Crippen molar-refractivity contribution in [1.29, 1.82) is 0 Å². The van der Waals surface area contributed by atoms with E-state index in [-0.39, 0.29) is 11.6 Å². The zero-order chi connectivity index (χ0) is 17.0. The standard InChI is InChI=1S/C20H20BrN3O/c21-15-8-9-18-17(14-15)19(25)24-20(10-4-12-22(18)20)11-5-13-23(24)16-6-2-1-3-7-16/h1-3,6-9,14H,4-5,10-13H2. The van der Waals surface area contributed by atoms with Gasteiger partial charge < -0.3 is 4.90 Å². The quantitative estimate of drug-likeness (QED) is 0.712. The first-order chi connectivity index (χ1) is 12.2. The zero-order valence-corrected chi connectivity index (χ0v) is 15.6. The monoisotopic (exact) mass is 397 g/mol. The summed E-state index contributed by atoms with van der Waals surface area (Å²) in [6, 6.07) is 16.4. The molecule has 0 N–H and O–H groups in total. The zero-order valence-electron chi connectivity index (χ0n) is 14.0. The first-order valence-electron chi connectivity index (χ1n) is 8.95. The molecule has 0 radical (unpaired) electrons. The Kier molecular flexibility index (Phi) is 3.35. The second kappa shape index (κ2) is 5.49. The van der Waals surface area contributed by atoms with E-state index in [1.54, 1.807) is 0 Å². The van der Waals surface area contributed by atoms with Gasteiger partial charge in [-0.1, -0.05) is 34.1 Å². The molecule has 1 atom stereocenters. The van der Waals surface area contributed by atoms with Gasteiger partial charge in [0.25, 0.3) is 5.91 Å². The molecule has 5 heteroatoms. The highest BCUT2D eigenvalue weighted by Gasteiger charge is 2.56. The lowest BCUT2D eigenvalue weighted by molar-refractivity contribution is 0.0262. The Morgan fingerprint density at radius 1 is 0.960 bits per heavy atom. The number of benzene rings is 2. The van der Waals surface area contributed by atoms with Gasteiger partial charge in [0.2, 0.25) is 0 Å². The summed E-state index contributed by atoms with van der Waals surface area (Å²) >= 11 is 3.53. The van der Waals surface area contributed by atoms with Gasteiger partial charge in [-0.25, -0.2) is 5.01 Å². The van der Waals surface area contributed by atoms with Crippen LogP contribution in [0.3, 0.4) is 0 Å². The summed E-state index contributed by atoms with van der Waals surface area (Å²) in [4.78, 5) is 16.0. The maximum Gasteiger partial charge on any atom is 0.276 e. The van der Waals surface area contributed by atoms with E-state index in [1.807, 2.05) is 30.3 Å². The lowest BCUT2D eigenvalue weighted by Gasteiger charge is -2.58. The third kappa shape index (κ3) is 2.08. The molecule has 3 heterocycles. The van der Waals surface area contributed by atoms with Crippen LogP contribution in [-0.4, -0.2) is 29.7 Å². The van der Waals surface area contributed by atoms with Gasteiger partial charge in [-0.3, -0.25) is 9.80 Å². The third-order valence-electron chi connectivity index (χ3n) is 5.77. The van der Waals surface area contributed by atoms with Crippen LogP contribution in [0.15, 0.2) is 53.0 Å². The Morgan fingerprint density at radius 2 is 1.72 bits per heavy atom. The number of rotatable bonds is 1. The largest absolute Gasteiger partial charge is 0.346 e. The van der Waals surface area contributed by atoms with E-state index in [9.17, 15) is 4.79 Å². The molecule has 0 aromatic heterocycles. The Morgan fingerprint density at radius 3 is 2.52 bits per heavy atom. The molecule has 2 aromatic carbocycles. The van der Waals surface area contributed by atoms with Crippen LogP contribution in [0.5, 0.6) is 0 Å². The number of anilines is 2. The van der Waals surface area contributed by atoms with E-state index >= 15 is 0 Å².